The Balaban J connectivity index is 2.61. The zero-order valence-electron chi connectivity index (χ0n) is 8.45. The molecule has 1 rings (SSSR count). The molecule has 2 N–H and O–H groups in total. The second kappa shape index (κ2) is 4.46. The molecule has 1 heterocycles. The Morgan fingerprint density at radius 1 is 1.69 bits per heavy atom. The smallest absolute Gasteiger partial charge is 0.187 e. The highest BCUT2D eigenvalue weighted by atomic mass is 32.1. The first-order chi connectivity index (χ1) is 6.15. The summed E-state index contributed by atoms with van der Waals surface area (Å²) in [5.74, 6) is 0. The van der Waals surface area contributed by atoms with Gasteiger partial charge in [-0.15, -0.1) is 0 Å². The summed E-state index contributed by atoms with van der Waals surface area (Å²) in [7, 11) is 2.07. The van der Waals surface area contributed by atoms with Gasteiger partial charge in [0.2, 0.25) is 0 Å². The number of nitrogens with zero attached hydrogens (tertiary/aromatic N) is 2. The van der Waals surface area contributed by atoms with Crippen molar-refractivity contribution in [3.8, 4) is 0 Å². The minimum absolute atomic E-state index is 0.538. The van der Waals surface area contributed by atoms with Crippen molar-refractivity contribution in [2.75, 3.05) is 17.7 Å². The molecule has 0 spiro atoms. The number of thiazole rings is 1. The van der Waals surface area contributed by atoms with Crippen LogP contribution in [0.5, 0.6) is 0 Å². The van der Waals surface area contributed by atoms with Gasteiger partial charge in [0.1, 0.15) is 5.00 Å². The van der Waals surface area contributed by atoms with Crippen LogP contribution < -0.4 is 10.6 Å². The van der Waals surface area contributed by atoms with E-state index in [-0.39, 0.29) is 0 Å². The van der Waals surface area contributed by atoms with E-state index >= 15 is 0 Å². The van der Waals surface area contributed by atoms with Crippen LogP contribution in [0.3, 0.4) is 0 Å². The van der Waals surface area contributed by atoms with Gasteiger partial charge in [-0.25, -0.2) is 4.98 Å². The van der Waals surface area contributed by atoms with E-state index in [1.807, 2.05) is 0 Å². The molecular formula is C9H17N3S. The third-order valence-electron chi connectivity index (χ3n) is 2.18. The van der Waals surface area contributed by atoms with E-state index in [2.05, 4.69) is 30.8 Å². The maximum Gasteiger partial charge on any atom is 0.187 e. The van der Waals surface area contributed by atoms with Gasteiger partial charge in [-0.2, -0.15) is 0 Å². The minimum Gasteiger partial charge on any atom is -0.389 e. The van der Waals surface area contributed by atoms with E-state index in [0.717, 1.165) is 10.1 Å². The predicted octanol–water partition coefficient (Wildman–Crippen LogP) is 2.35. The lowest BCUT2D eigenvalue weighted by Gasteiger charge is -2.23. The van der Waals surface area contributed by atoms with Crippen LogP contribution in [0.4, 0.5) is 10.1 Å². The van der Waals surface area contributed by atoms with Gasteiger partial charge < -0.3 is 10.6 Å². The van der Waals surface area contributed by atoms with E-state index in [0.29, 0.717) is 6.04 Å². The Bertz CT molecular complexity index is 259. The van der Waals surface area contributed by atoms with Gasteiger partial charge in [-0.05, 0) is 13.3 Å². The summed E-state index contributed by atoms with van der Waals surface area (Å²) in [6, 6.07) is 0.538. The number of hydrogen-bond donors (Lipinski definition) is 1. The molecular weight excluding hydrogens is 182 g/mol. The fraction of sp³-hybridized carbons (Fsp3) is 0.667. The number of rotatable bonds is 4. The van der Waals surface area contributed by atoms with E-state index in [1.54, 1.807) is 17.5 Å². The fourth-order valence-electron chi connectivity index (χ4n) is 1.24. The van der Waals surface area contributed by atoms with Gasteiger partial charge in [0.25, 0.3) is 0 Å². The Hall–Kier alpha value is -0.770. The van der Waals surface area contributed by atoms with Crippen molar-refractivity contribution >= 4 is 21.5 Å². The first-order valence-electron chi connectivity index (χ1n) is 4.59. The number of nitrogen functional groups attached to an aromatic ring is 1. The molecule has 0 aromatic carbocycles. The van der Waals surface area contributed by atoms with Crippen molar-refractivity contribution in [3.05, 3.63) is 6.20 Å². The van der Waals surface area contributed by atoms with E-state index < -0.39 is 0 Å². The van der Waals surface area contributed by atoms with E-state index in [1.165, 1.54) is 12.8 Å². The molecule has 1 unspecified atom stereocenters. The summed E-state index contributed by atoms with van der Waals surface area (Å²) in [5, 5.41) is 1.80. The van der Waals surface area contributed by atoms with Crippen molar-refractivity contribution in [1.29, 1.82) is 0 Å². The number of hydrogen-bond acceptors (Lipinski definition) is 4. The van der Waals surface area contributed by atoms with E-state index in [4.69, 9.17) is 5.73 Å². The average Bonchev–Trinajstić information content (AvgIpc) is 2.51. The Morgan fingerprint density at radius 3 is 2.85 bits per heavy atom. The average molecular weight is 199 g/mol. The summed E-state index contributed by atoms with van der Waals surface area (Å²) in [6.07, 6.45) is 4.11. The normalized spacial score (nSPS) is 12.8. The maximum absolute atomic E-state index is 5.62. The summed E-state index contributed by atoms with van der Waals surface area (Å²) >= 11 is 1.54. The number of aromatic nitrogens is 1. The number of anilines is 2. The van der Waals surface area contributed by atoms with Crippen molar-refractivity contribution in [2.45, 2.75) is 32.7 Å². The largest absolute Gasteiger partial charge is 0.389 e. The lowest BCUT2D eigenvalue weighted by molar-refractivity contribution is 0.615. The lowest BCUT2D eigenvalue weighted by Crippen LogP contribution is -2.28. The highest BCUT2D eigenvalue weighted by molar-refractivity contribution is 7.19. The monoisotopic (exact) mass is 199 g/mol. The van der Waals surface area contributed by atoms with Crippen molar-refractivity contribution < 1.29 is 0 Å². The van der Waals surface area contributed by atoms with Crippen LogP contribution in [0.15, 0.2) is 6.20 Å². The highest BCUT2D eigenvalue weighted by Crippen LogP contribution is 2.25. The Labute approximate surface area is 83.6 Å². The zero-order valence-corrected chi connectivity index (χ0v) is 9.27. The third-order valence-corrected chi connectivity index (χ3v) is 3.10. The second-order valence-electron chi connectivity index (χ2n) is 3.29. The summed E-state index contributed by atoms with van der Waals surface area (Å²) in [5.41, 5.74) is 5.62. The van der Waals surface area contributed by atoms with Gasteiger partial charge in [0.05, 0.1) is 6.20 Å². The minimum atomic E-state index is 0.538. The van der Waals surface area contributed by atoms with E-state index in [9.17, 15) is 0 Å². The molecule has 0 amide bonds. The summed E-state index contributed by atoms with van der Waals surface area (Å²) < 4.78 is 0. The zero-order chi connectivity index (χ0) is 9.84. The molecule has 13 heavy (non-hydrogen) atoms. The van der Waals surface area contributed by atoms with Crippen molar-refractivity contribution in [3.63, 3.8) is 0 Å². The molecule has 0 aliphatic carbocycles. The van der Waals surface area contributed by atoms with Crippen LogP contribution in [-0.4, -0.2) is 18.1 Å². The molecule has 0 radical (unpaired) electrons. The molecule has 0 saturated carbocycles. The fourth-order valence-corrected chi connectivity index (χ4v) is 1.99. The molecule has 0 aliphatic rings. The number of nitrogens with two attached hydrogens (primary N) is 1. The van der Waals surface area contributed by atoms with Crippen molar-refractivity contribution in [2.24, 2.45) is 0 Å². The topological polar surface area (TPSA) is 42.2 Å². The third kappa shape index (κ3) is 2.59. The van der Waals surface area contributed by atoms with Crippen LogP contribution in [0.25, 0.3) is 0 Å². The molecule has 0 saturated heterocycles. The first kappa shape index (κ1) is 10.3. The SMILES string of the molecule is CCCC(C)N(C)c1ncc(N)s1. The Kier molecular flexibility index (Phi) is 3.54. The van der Waals surface area contributed by atoms with Crippen LogP contribution >= 0.6 is 11.3 Å². The van der Waals surface area contributed by atoms with Crippen LogP contribution in [0.1, 0.15) is 26.7 Å². The summed E-state index contributed by atoms with van der Waals surface area (Å²) in [4.78, 5) is 6.42. The molecule has 1 aromatic heterocycles. The highest BCUT2D eigenvalue weighted by Gasteiger charge is 2.11. The van der Waals surface area contributed by atoms with Gasteiger partial charge in [0.15, 0.2) is 5.13 Å². The molecule has 1 atom stereocenters. The molecule has 3 nitrogen and oxygen atoms in total. The lowest BCUT2D eigenvalue weighted by atomic mass is 10.2. The molecule has 74 valence electrons. The second-order valence-corrected chi connectivity index (χ2v) is 4.33. The predicted molar refractivity (Wildman–Crippen MR) is 59.3 cm³/mol. The van der Waals surface area contributed by atoms with Gasteiger partial charge in [-0.3, -0.25) is 0 Å². The quantitative estimate of drug-likeness (QED) is 0.809. The molecule has 0 bridgehead atoms. The van der Waals surface area contributed by atoms with Crippen LogP contribution in [-0.2, 0) is 0 Å². The van der Waals surface area contributed by atoms with Crippen molar-refractivity contribution in [1.82, 2.24) is 4.98 Å². The van der Waals surface area contributed by atoms with Gasteiger partial charge >= 0.3 is 0 Å². The van der Waals surface area contributed by atoms with Gasteiger partial charge in [0, 0.05) is 13.1 Å². The molecule has 1 aromatic rings. The molecule has 0 aliphatic heterocycles. The first-order valence-corrected chi connectivity index (χ1v) is 5.41. The molecule has 4 heteroatoms. The van der Waals surface area contributed by atoms with Crippen LogP contribution in [0, 0.1) is 0 Å². The summed E-state index contributed by atoms with van der Waals surface area (Å²) in [6.45, 7) is 4.40. The Morgan fingerprint density at radius 2 is 2.38 bits per heavy atom. The standard InChI is InChI=1S/C9H17N3S/c1-4-5-7(2)12(3)9-11-6-8(10)13-9/h6-7H,4-5,10H2,1-3H3. The maximum atomic E-state index is 5.62. The molecule has 0 fully saturated rings. The van der Waals surface area contributed by atoms with Crippen LogP contribution in [0.2, 0.25) is 0 Å². The van der Waals surface area contributed by atoms with Gasteiger partial charge in [-0.1, -0.05) is 24.7 Å².